The van der Waals surface area contributed by atoms with Gasteiger partial charge in [-0.15, -0.1) is 0 Å². The molecule has 1 aromatic heterocycles. The highest BCUT2D eigenvalue weighted by Crippen LogP contribution is 2.19. The number of anilines is 1. The highest BCUT2D eigenvalue weighted by Gasteiger charge is 2.06. The minimum absolute atomic E-state index is 0.395. The molecule has 3 N–H and O–H groups in total. The molecule has 0 amide bonds. The van der Waals surface area contributed by atoms with Gasteiger partial charge < -0.3 is 15.5 Å². The van der Waals surface area contributed by atoms with E-state index >= 15 is 0 Å². The smallest absolute Gasteiger partial charge is 0.226 e. The molecule has 0 saturated carbocycles. The normalized spacial score (nSPS) is 11.5. The van der Waals surface area contributed by atoms with Gasteiger partial charge in [0.2, 0.25) is 5.89 Å². The van der Waals surface area contributed by atoms with E-state index in [0.29, 0.717) is 24.8 Å². The van der Waals surface area contributed by atoms with Crippen molar-refractivity contribution in [3.63, 3.8) is 0 Å². The van der Waals surface area contributed by atoms with Gasteiger partial charge in [0.1, 0.15) is 6.26 Å². The summed E-state index contributed by atoms with van der Waals surface area (Å²) >= 11 is 0. The van der Waals surface area contributed by atoms with E-state index in [9.17, 15) is 0 Å². The zero-order chi connectivity index (χ0) is 17.6. The van der Waals surface area contributed by atoms with E-state index in [1.54, 1.807) is 6.26 Å². The Morgan fingerprint density at radius 1 is 1.04 bits per heavy atom. The molecule has 5 heteroatoms. The van der Waals surface area contributed by atoms with Crippen LogP contribution in [0.4, 0.5) is 5.69 Å². The lowest BCUT2D eigenvalue weighted by Crippen LogP contribution is -2.23. The van der Waals surface area contributed by atoms with Crippen molar-refractivity contribution in [3.05, 3.63) is 71.6 Å². The highest BCUT2D eigenvalue weighted by atomic mass is 16.3. The van der Waals surface area contributed by atoms with Crippen molar-refractivity contribution in [1.82, 2.24) is 4.98 Å². The predicted molar refractivity (Wildman–Crippen MR) is 102 cm³/mol. The van der Waals surface area contributed by atoms with E-state index in [1.807, 2.05) is 55.5 Å². The van der Waals surface area contributed by atoms with Gasteiger partial charge in [-0.05, 0) is 38.1 Å². The third-order valence-electron chi connectivity index (χ3n) is 3.82. The lowest BCUT2D eigenvalue weighted by atomic mass is 10.1. The molecule has 3 aromatic rings. The van der Waals surface area contributed by atoms with Crippen molar-refractivity contribution in [3.8, 4) is 11.5 Å². The van der Waals surface area contributed by atoms with Crippen LogP contribution in [0.1, 0.15) is 16.8 Å². The molecular weight excluding hydrogens is 312 g/mol. The van der Waals surface area contributed by atoms with Crippen molar-refractivity contribution in [2.24, 2.45) is 10.7 Å². The molecule has 0 aliphatic rings. The van der Waals surface area contributed by atoms with E-state index in [1.165, 1.54) is 11.1 Å². The zero-order valence-corrected chi connectivity index (χ0v) is 14.5. The van der Waals surface area contributed by atoms with E-state index in [-0.39, 0.29) is 0 Å². The van der Waals surface area contributed by atoms with Crippen LogP contribution in [-0.4, -0.2) is 17.5 Å². The summed E-state index contributed by atoms with van der Waals surface area (Å²) in [6.45, 7) is 4.65. The number of aliphatic imine (C=N–C) groups is 1. The first-order chi connectivity index (χ1) is 12.1. The number of nitrogens with two attached hydrogens (primary N) is 1. The number of guanidine groups is 1. The number of aryl methyl sites for hydroxylation is 2. The van der Waals surface area contributed by atoms with Crippen molar-refractivity contribution in [1.29, 1.82) is 0 Å². The fraction of sp³-hybridized carbons (Fsp3) is 0.200. The Hall–Kier alpha value is -3.08. The second-order valence-corrected chi connectivity index (χ2v) is 6.02. The number of benzene rings is 2. The molecule has 0 fully saturated rings. The van der Waals surface area contributed by atoms with Crippen molar-refractivity contribution >= 4 is 11.6 Å². The minimum Gasteiger partial charge on any atom is -0.444 e. The predicted octanol–water partition coefficient (Wildman–Crippen LogP) is 3.93. The van der Waals surface area contributed by atoms with Crippen LogP contribution in [0.3, 0.4) is 0 Å². The first-order valence-electron chi connectivity index (χ1n) is 8.25. The maximum absolute atomic E-state index is 5.91. The van der Waals surface area contributed by atoms with E-state index in [4.69, 9.17) is 10.2 Å². The molecule has 0 aliphatic carbocycles. The summed E-state index contributed by atoms with van der Waals surface area (Å²) in [7, 11) is 0. The maximum Gasteiger partial charge on any atom is 0.226 e. The molecule has 0 bridgehead atoms. The first-order valence-corrected chi connectivity index (χ1v) is 8.25. The molecule has 3 rings (SSSR count). The lowest BCUT2D eigenvalue weighted by Gasteiger charge is -2.05. The van der Waals surface area contributed by atoms with Crippen LogP contribution >= 0.6 is 0 Å². The topological polar surface area (TPSA) is 76.4 Å². The average molecular weight is 334 g/mol. The Morgan fingerprint density at radius 3 is 2.36 bits per heavy atom. The monoisotopic (exact) mass is 334 g/mol. The van der Waals surface area contributed by atoms with Gasteiger partial charge in [0.25, 0.3) is 0 Å². The molecule has 25 heavy (non-hydrogen) atoms. The molecule has 0 saturated heterocycles. The van der Waals surface area contributed by atoms with Crippen LogP contribution in [0, 0.1) is 13.8 Å². The quantitative estimate of drug-likeness (QED) is 0.547. The number of nitrogens with zero attached hydrogens (tertiary/aromatic N) is 2. The molecule has 0 aliphatic heterocycles. The molecule has 128 valence electrons. The third-order valence-corrected chi connectivity index (χ3v) is 3.82. The molecular formula is C20H22N4O. The molecule has 0 unspecified atom stereocenters. The van der Waals surface area contributed by atoms with Crippen LogP contribution < -0.4 is 11.1 Å². The van der Waals surface area contributed by atoms with Gasteiger partial charge in [-0.25, -0.2) is 4.98 Å². The number of hydrogen-bond donors (Lipinski definition) is 2. The Labute approximate surface area is 147 Å². The van der Waals surface area contributed by atoms with E-state index in [0.717, 1.165) is 16.9 Å². The van der Waals surface area contributed by atoms with Crippen LogP contribution in [0.25, 0.3) is 11.5 Å². The molecule has 2 aromatic carbocycles. The highest BCUT2D eigenvalue weighted by molar-refractivity contribution is 5.92. The Balaban J connectivity index is 1.55. The van der Waals surface area contributed by atoms with Gasteiger partial charge in [-0.2, -0.15) is 0 Å². The van der Waals surface area contributed by atoms with Crippen molar-refractivity contribution in [2.45, 2.75) is 20.3 Å². The van der Waals surface area contributed by atoms with Gasteiger partial charge in [0, 0.05) is 24.2 Å². The number of hydrogen-bond acceptors (Lipinski definition) is 3. The zero-order valence-electron chi connectivity index (χ0n) is 14.5. The Kier molecular flexibility index (Phi) is 5.14. The Morgan fingerprint density at radius 2 is 1.68 bits per heavy atom. The summed E-state index contributed by atoms with van der Waals surface area (Å²) in [5.41, 5.74) is 11.1. The fourth-order valence-electron chi connectivity index (χ4n) is 2.37. The lowest BCUT2D eigenvalue weighted by molar-refractivity contribution is 0.572. The largest absolute Gasteiger partial charge is 0.444 e. The SMILES string of the molecule is Cc1ccc(NC(N)=NCCc2coc(-c3ccc(C)cc3)n2)cc1. The molecule has 0 radical (unpaired) electrons. The van der Waals surface area contributed by atoms with Gasteiger partial charge in [0.15, 0.2) is 5.96 Å². The molecule has 5 nitrogen and oxygen atoms in total. The number of oxazole rings is 1. The van der Waals surface area contributed by atoms with Gasteiger partial charge in [-0.1, -0.05) is 35.4 Å². The summed E-state index contributed by atoms with van der Waals surface area (Å²) in [4.78, 5) is 8.84. The number of rotatable bonds is 5. The first kappa shape index (κ1) is 16.8. The van der Waals surface area contributed by atoms with Crippen LogP contribution in [-0.2, 0) is 6.42 Å². The van der Waals surface area contributed by atoms with Crippen molar-refractivity contribution < 1.29 is 4.42 Å². The summed E-state index contributed by atoms with van der Waals surface area (Å²) in [6.07, 6.45) is 2.35. The van der Waals surface area contributed by atoms with Crippen molar-refractivity contribution in [2.75, 3.05) is 11.9 Å². The molecule has 0 spiro atoms. The summed E-state index contributed by atoms with van der Waals surface area (Å²) in [5, 5.41) is 3.08. The van der Waals surface area contributed by atoms with Gasteiger partial charge >= 0.3 is 0 Å². The summed E-state index contributed by atoms with van der Waals surface area (Å²) in [6, 6.07) is 16.1. The number of aromatic nitrogens is 1. The minimum atomic E-state index is 0.395. The van der Waals surface area contributed by atoms with Crippen LogP contribution in [0.15, 0.2) is 64.2 Å². The average Bonchev–Trinajstić information content (AvgIpc) is 3.06. The van der Waals surface area contributed by atoms with Crippen LogP contribution in [0.2, 0.25) is 0 Å². The van der Waals surface area contributed by atoms with E-state index in [2.05, 4.69) is 22.2 Å². The van der Waals surface area contributed by atoms with E-state index < -0.39 is 0 Å². The Bertz CT molecular complexity index is 848. The second-order valence-electron chi connectivity index (χ2n) is 6.02. The van der Waals surface area contributed by atoms with Crippen LogP contribution in [0.5, 0.6) is 0 Å². The standard InChI is InChI=1S/C20H22N4O/c1-14-3-7-16(8-4-14)19-23-18(13-25-19)11-12-22-20(21)24-17-9-5-15(2)6-10-17/h3-10,13H,11-12H2,1-2H3,(H3,21,22,24). The summed E-state index contributed by atoms with van der Waals surface area (Å²) < 4.78 is 5.55. The van der Waals surface area contributed by atoms with Gasteiger partial charge in [0.05, 0.1) is 5.69 Å². The van der Waals surface area contributed by atoms with Gasteiger partial charge in [-0.3, -0.25) is 4.99 Å². The second kappa shape index (κ2) is 7.66. The third kappa shape index (κ3) is 4.70. The molecule has 1 heterocycles. The number of nitrogens with one attached hydrogen (secondary N) is 1. The summed E-state index contributed by atoms with van der Waals surface area (Å²) in [5.74, 6) is 1.02. The maximum atomic E-state index is 5.91. The molecule has 0 atom stereocenters. The fourth-order valence-corrected chi connectivity index (χ4v) is 2.37.